The fourth-order valence-corrected chi connectivity index (χ4v) is 3.26. The normalized spacial score (nSPS) is 13.3. The van der Waals surface area contributed by atoms with Crippen molar-refractivity contribution in [1.82, 2.24) is 4.72 Å². The molecule has 0 aliphatic rings. The summed E-state index contributed by atoms with van der Waals surface area (Å²) >= 11 is 0. The summed E-state index contributed by atoms with van der Waals surface area (Å²) in [6.07, 6.45) is 1.61. The van der Waals surface area contributed by atoms with Crippen molar-refractivity contribution in [2.45, 2.75) is 44.6 Å². The van der Waals surface area contributed by atoms with Crippen LogP contribution in [-0.4, -0.2) is 19.4 Å². The summed E-state index contributed by atoms with van der Waals surface area (Å²) < 4.78 is 27.0. The van der Waals surface area contributed by atoms with E-state index in [1.165, 1.54) is 0 Å². The lowest BCUT2D eigenvalue weighted by Crippen LogP contribution is -2.33. The second kappa shape index (κ2) is 6.86. The van der Waals surface area contributed by atoms with Crippen molar-refractivity contribution >= 4 is 21.4 Å². The van der Waals surface area contributed by atoms with E-state index in [1.54, 1.807) is 6.92 Å². The number of benzene rings is 1. The molecule has 0 saturated carbocycles. The molecule has 0 aliphatic heterocycles. The van der Waals surface area contributed by atoms with E-state index in [9.17, 15) is 18.5 Å². The molecule has 1 unspecified atom stereocenters. The topological polar surface area (TPSA) is 115 Å². The Morgan fingerprint density at radius 2 is 1.90 bits per heavy atom. The predicted octanol–water partition coefficient (Wildman–Crippen LogP) is 2.28. The van der Waals surface area contributed by atoms with E-state index >= 15 is 0 Å². The molecule has 0 aliphatic carbocycles. The molecule has 0 bridgehead atoms. The van der Waals surface area contributed by atoms with Crippen LogP contribution in [-0.2, 0) is 10.0 Å². The Morgan fingerprint density at radius 1 is 1.29 bits per heavy atom. The van der Waals surface area contributed by atoms with Gasteiger partial charge in [0.05, 0.1) is 10.6 Å². The molecule has 0 amide bonds. The lowest BCUT2D eigenvalue weighted by Gasteiger charge is -2.16. The number of hydrogen-bond donors (Lipinski definition) is 2. The van der Waals surface area contributed by atoms with Gasteiger partial charge < -0.3 is 5.73 Å². The van der Waals surface area contributed by atoms with E-state index < -0.39 is 14.9 Å². The highest BCUT2D eigenvalue weighted by Crippen LogP contribution is 2.24. The average Bonchev–Trinajstić information content (AvgIpc) is 2.35. The summed E-state index contributed by atoms with van der Waals surface area (Å²) in [5, 5.41) is 10.6. The first-order valence-corrected chi connectivity index (χ1v) is 8.18. The van der Waals surface area contributed by atoms with E-state index in [2.05, 4.69) is 18.6 Å². The summed E-state index contributed by atoms with van der Waals surface area (Å²) in [6.45, 7) is 5.91. The Hall–Kier alpha value is -1.67. The zero-order chi connectivity index (χ0) is 16.2. The van der Waals surface area contributed by atoms with Crippen molar-refractivity contribution in [2.75, 3.05) is 5.73 Å². The molecule has 0 radical (unpaired) electrons. The number of rotatable bonds is 7. The van der Waals surface area contributed by atoms with Gasteiger partial charge in [-0.2, -0.15) is 0 Å². The number of nitro groups is 1. The van der Waals surface area contributed by atoms with Gasteiger partial charge in [0.15, 0.2) is 0 Å². The maximum Gasteiger partial charge on any atom is 0.271 e. The number of nitro benzene ring substituents is 1. The second-order valence-electron chi connectivity index (χ2n) is 5.47. The van der Waals surface area contributed by atoms with Gasteiger partial charge in [-0.15, -0.1) is 0 Å². The van der Waals surface area contributed by atoms with Gasteiger partial charge in [0.1, 0.15) is 4.90 Å². The van der Waals surface area contributed by atoms with Gasteiger partial charge in [0.2, 0.25) is 10.0 Å². The van der Waals surface area contributed by atoms with Crippen LogP contribution in [0.3, 0.4) is 0 Å². The third kappa shape index (κ3) is 4.98. The standard InChI is InChI=1S/C13H21N3O4S/c1-9(2)4-5-10(3)15-21(19,20)13-7-6-11(16(17)18)8-12(13)14/h6-10,15H,4-5,14H2,1-3H3. The molecule has 3 N–H and O–H groups in total. The summed E-state index contributed by atoms with van der Waals surface area (Å²) in [4.78, 5) is 9.87. The van der Waals surface area contributed by atoms with Gasteiger partial charge in [-0.1, -0.05) is 13.8 Å². The summed E-state index contributed by atoms with van der Waals surface area (Å²) in [7, 11) is -3.78. The lowest BCUT2D eigenvalue weighted by atomic mass is 10.1. The Morgan fingerprint density at radius 3 is 2.38 bits per heavy atom. The van der Waals surface area contributed by atoms with Crippen molar-refractivity contribution in [3.05, 3.63) is 28.3 Å². The Balaban J connectivity index is 2.90. The number of non-ortho nitro benzene ring substituents is 1. The molecular formula is C13H21N3O4S. The largest absolute Gasteiger partial charge is 0.397 e. The van der Waals surface area contributed by atoms with Crippen LogP contribution >= 0.6 is 0 Å². The second-order valence-corrected chi connectivity index (χ2v) is 7.16. The van der Waals surface area contributed by atoms with Crippen LogP contribution in [0.4, 0.5) is 11.4 Å². The van der Waals surface area contributed by atoms with Crippen LogP contribution in [0, 0.1) is 16.0 Å². The predicted molar refractivity (Wildman–Crippen MR) is 81.4 cm³/mol. The molecule has 21 heavy (non-hydrogen) atoms. The van der Waals surface area contributed by atoms with Gasteiger partial charge in [0.25, 0.3) is 5.69 Å². The van der Waals surface area contributed by atoms with Gasteiger partial charge in [-0.05, 0) is 31.7 Å². The minimum atomic E-state index is -3.78. The molecule has 1 aromatic carbocycles. The minimum absolute atomic E-state index is 0.132. The molecule has 0 saturated heterocycles. The average molecular weight is 315 g/mol. The Bertz CT molecular complexity index is 614. The van der Waals surface area contributed by atoms with E-state index in [0.717, 1.165) is 24.6 Å². The number of hydrogen-bond acceptors (Lipinski definition) is 5. The lowest BCUT2D eigenvalue weighted by molar-refractivity contribution is -0.384. The van der Waals surface area contributed by atoms with Crippen LogP contribution < -0.4 is 10.5 Å². The third-order valence-electron chi connectivity index (χ3n) is 3.03. The molecular weight excluding hydrogens is 294 g/mol. The van der Waals surface area contributed by atoms with Crippen LogP contribution in [0.15, 0.2) is 23.1 Å². The summed E-state index contributed by atoms with van der Waals surface area (Å²) in [5.74, 6) is 0.487. The molecule has 118 valence electrons. The van der Waals surface area contributed by atoms with Crippen LogP contribution in [0.1, 0.15) is 33.6 Å². The highest BCUT2D eigenvalue weighted by atomic mass is 32.2. The fourth-order valence-electron chi connectivity index (χ4n) is 1.86. The third-order valence-corrected chi connectivity index (χ3v) is 4.69. The van der Waals surface area contributed by atoms with Gasteiger partial charge in [-0.3, -0.25) is 10.1 Å². The van der Waals surface area contributed by atoms with E-state index in [-0.39, 0.29) is 22.3 Å². The van der Waals surface area contributed by atoms with Crippen molar-refractivity contribution in [2.24, 2.45) is 5.92 Å². The van der Waals surface area contributed by atoms with Crippen molar-refractivity contribution in [1.29, 1.82) is 0 Å². The number of sulfonamides is 1. The smallest absolute Gasteiger partial charge is 0.271 e. The van der Waals surface area contributed by atoms with Gasteiger partial charge >= 0.3 is 0 Å². The van der Waals surface area contributed by atoms with Gasteiger partial charge in [0, 0.05) is 18.2 Å². The molecule has 1 rings (SSSR count). The number of anilines is 1. The highest BCUT2D eigenvalue weighted by Gasteiger charge is 2.22. The van der Waals surface area contributed by atoms with Crippen molar-refractivity contribution < 1.29 is 13.3 Å². The quantitative estimate of drug-likeness (QED) is 0.455. The number of nitrogens with zero attached hydrogens (tertiary/aromatic N) is 1. The minimum Gasteiger partial charge on any atom is -0.397 e. The van der Waals surface area contributed by atoms with Crippen molar-refractivity contribution in [3.8, 4) is 0 Å². The first-order chi connectivity index (χ1) is 9.63. The number of nitrogen functional groups attached to an aromatic ring is 1. The SMILES string of the molecule is CC(C)CCC(C)NS(=O)(=O)c1ccc([N+](=O)[O-])cc1N. The first-order valence-electron chi connectivity index (χ1n) is 6.69. The zero-order valence-electron chi connectivity index (χ0n) is 12.4. The molecule has 0 spiro atoms. The number of nitrogens with two attached hydrogens (primary N) is 1. The van der Waals surface area contributed by atoms with Crippen LogP contribution in [0.2, 0.25) is 0 Å². The van der Waals surface area contributed by atoms with E-state index in [4.69, 9.17) is 5.73 Å². The fraction of sp³-hybridized carbons (Fsp3) is 0.538. The van der Waals surface area contributed by atoms with Crippen molar-refractivity contribution in [3.63, 3.8) is 0 Å². The molecule has 8 heteroatoms. The van der Waals surface area contributed by atoms with E-state index in [0.29, 0.717) is 12.3 Å². The maximum absolute atomic E-state index is 12.2. The van der Waals surface area contributed by atoms with E-state index in [1.807, 2.05) is 0 Å². The maximum atomic E-state index is 12.2. The Labute approximate surface area is 124 Å². The van der Waals surface area contributed by atoms with Crippen LogP contribution in [0.5, 0.6) is 0 Å². The number of nitrogens with one attached hydrogen (secondary N) is 1. The molecule has 7 nitrogen and oxygen atoms in total. The molecule has 0 heterocycles. The molecule has 0 aromatic heterocycles. The summed E-state index contributed by atoms with van der Waals surface area (Å²) in [5.41, 5.74) is 5.25. The monoisotopic (exact) mass is 315 g/mol. The molecule has 0 fully saturated rings. The summed E-state index contributed by atoms with van der Waals surface area (Å²) in [6, 6.07) is 3.11. The van der Waals surface area contributed by atoms with Gasteiger partial charge in [-0.25, -0.2) is 13.1 Å². The Kier molecular flexibility index (Phi) is 5.68. The molecule has 1 aromatic rings. The first kappa shape index (κ1) is 17.4. The van der Waals surface area contributed by atoms with Crippen LogP contribution in [0.25, 0.3) is 0 Å². The highest BCUT2D eigenvalue weighted by molar-refractivity contribution is 7.89. The zero-order valence-corrected chi connectivity index (χ0v) is 13.2. The molecule has 1 atom stereocenters.